The van der Waals surface area contributed by atoms with Gasteiger partial charge in [-0.1, -0.05) is 0 Å². The van der Waals surface area contributed by atoms with Crippen LogP contribution in [-0.2, 0) is 25.7 Å². The normalized spacial score (nSPS) is 16.0. The van der Waals surface area contributed by atoms with E-state index >= 15 is 0 Å². The predicted molar refractivity (Wildman–Crippen MR) is 82.4 cm³/mol. The molecule has 0 radical (unpaired) electrons. The van der Waals surface area contributed by atoms with Crippen LogP contribution in [0.4, 0.5) is 10.5 Å². The van der Waals surface area contributed by atoms with E-state index in [0.29, 0.717) is 17.1 Å². The highest BCUT2D eigenvalue weighted by Crippen LogP contribution is 2.35. The number of benzene rings is 1. The minimum atomic E-state index is -0.867. The number of methoxy groups -OCH3 is 2. The third kappa shape index (κ3) is 4.43. The van der Waals surface area contributed by atoms with Gasteiger partial charge in [-0.05, 0) is 17.7 Å². The topological polar surface area (TPSA) is 130 Å². The third-order valence-electron chi connectivity index (χ3n) is 3.48. The molecule has 0 saturated carbocycles. The molecule has 0 aliphatic carbocycles. The van der Waals surface area contributed by atoms with Crippen LogP contribution in [0.25, 0.3) is 0 Å². The molecule has 0 spiro atoms. The van der Waals surface area contributed by atoms with E-state index < -0.39 is 24.1 Å². The van der Waals surface area contributed by atoms with Crippen LogP contribution in [0.15, 0.2) is 17.3 Å². The molecule has 1 aliphatic heterocycles. The van der Waals surface area contributed by atoms with E-state index in [2.05, 4.69) is 15.2 Å². The molecule has 1 aromatic rings. The van der Waals surface area contributed by atoms with Crippen molar-refractivity contribution in [1.29, 1.82) is 0 Å². The van der Waals surface area contributed by atoms with Crippen LogP contribution < -0.4 is 14.8 Å². The smallest absolute Gasteiger partial charge is 0.415 e. The lowest BCUT2D eigenvalue weighted by Gasteiger charge is -2.12. The molecule has 2 rings (SSSR count). The van der Waals surface area contributed by atoms with Gasteiger partial charge in [0.1, 0.15) is 18.3 Å². The number of rotatable bonds is 8. The zero-order valence-corrected chi connectivity index (χ0v) is 13.6. The summed E-state index contributed by atoms with van der Waals surface area (Å²) in [5, 5.41) is 5.15. The summed E-state index contributed by atoms with van der Waals surface area (Å²) in [4.78, 5) is 44.8. The summed E-state index contributed by atoms with van der Waals surface area (Å²) in [6, 6.07) is 1.99. The summed E-state index contributed by atoms with van der Waals surface area (Å²) in [6.07, 6.45) is -0.902. The summed E-state index contributed by atoms with van der Waals surface area (Å²) < 4.78 is 19.5. The number of ether oxygens (including phenoxy) is 4. The number of carbonyl (C=O) groups excluding carboxylic acids is 3. The number of esters is 2. The number of alkyl carbamates (subject to hydrolysis) is 1. The first-order valence-electron chi connectivity index (χ1n) is 7.24. The monoisotopic (exact) mass is 352 g/mol. The highest BCUT2D eigenvalue weighted by molar-refractivity contribution is 5.95. The van der Waals surface area contributed by atoms with Crippen LogP contribution in [-0.4, -0.2) is 38.3 Å². The van der Waals surface area contributed by atoms with E-state index in [9.17, 15) is 19.3 Å². The first kappa shape index (κ1) is 18.2. The van der Waals surface area contributed by atoms with Gasteiger partial charge in [-0.15, -0.1) is 4.91 Å². The minimum absolute atomic E-state index is 0.0497. The fraction of sp³-hybridized carbons (Fsp3) is 0.400. The van der Waals surface area contributed by atoms with Crippen molar-refractivity contribution < 1.29 is 33.3 Å². The van der Waals surface area contributed by atoms with Crippen molar-refractivity contribution >= 4 is 23.7 Å². The van der Waals surface area contributed by atoms with Crippen LogP contribution in [0, 0.1) is 4.91 Å². The number of carbonyl (C=O) groups is 3. The highest BCUT2D eigenvalue weighted by atomic mass is 16.6. The van der Waals surface area contributed by atoms with Crippen LogP contribution >= 0.6 is 0 Å². The Hall–Kier alpha value is -3.17. The number of hydrogen-bond acceptors (Lipinski definition) is 9. The van der Waals surface area contributed by atoms with Crippen molar-refractivity contribution in [2.45, 2.75) is 25.5 Å². The zero-order chi connectivity index (χ0) is 18.4. The number of nitrogens with one attached hydrogen (secondary N) is 1. The first-order chi connectivity index (χ1) is 12.0. The second-order valence-electron chi connectivity index (χ2n) is 5.03. The number of hydrogen-bond donors (Lipinski definition) is 1. The van der Waals surface area contributed by atoms with Gasteiger partial charge in [0.25, 0.3) is 0 Å². The Kier molecular flexibility index (Phi) is 5.88. The number of amides is 1. The molecule has 1 heterocycles. The van der Waals surface area contributed by atoms with Gasteiger partial charge >= 0.3 is 18.0 Å². The Morgan fingerprint density at radius 1 is 1.24 bits per heavy atom. The summed E-state index contributed by atoms with van der Waals surface area (Å²) in [7, 11) is 2.84. The van der Waals surface area contributed by atoms with E-state index in [-0.39, 0.29) is 25.1 Å². The molecular formula is C15H16N2O8. The van der Waals surface area contributed by atoms with E-state index in [1.54, 1.807) is 0 Å². The fourth-order valence-electron chi connectivity index (χ4n) is 2.19. The van der Waals surface area contributed by atoms with E-state index in [4.69, 9.17) is 14.2 Å². The molecule has 0 bridgehead atoms. The van der Waals surface area contributed by atoms with Gasteiger partial charge in [0.2, 0.25) is 0 Å². The van der Waals surface area contributed by atoms with Crippen LogP contribution in [0.2, 0.25) is 0 Å². The van der Waals surface area contributed by atoms with Crippen molar-refractivity contribution in [2.24, 2.45) is 5.18 Å². The molecule has 0 unspecified atom stereocenters. The van der Waals surface area contributed by atoms with Crippen LogP contribution in [0.3, 0.4) is 0 Å². The molecule has 1 amide bonds. The first-order valence-corrected chi connectivity index (χ1v) is 7.24. The molecule has 10 heteroatoms. The van der Waals surface area contributed by atoms with Gasteiger partial charge in [-0.25, -0.2) is 9.59 Å². The van der Waals surface area contributed by atoms with Crippen molar-refractivity contribution in [3.8, 4) is 11.5 Å². The van der Waals surface area contributed by atoms with Crippen molar-refractivity contribution in [3.63, 3.8) is 0 Å². The SMILES string of the molecule is COc1cc(COC(=O)CC[C@@H]2NC(=O)OC2=O)c(N=O)cc1OC. The Labute approximate surface area is 142 Å². The Bertz CT molecular complexity index is 703. The van der Waals surface area contributed by atoms with Crippen molar-refractivity contribution in [3.05, 3.63) is 22.6 Å². The average molecular weight is 352 g/mol. The molecule has 1 saturated heterocycles. The quantitative estimate of drug-likeness (QED) is 0.424. The van der Waals surface area contributed by atoms with Crippen LogP contribution in [0.1, 0.15) is 18.4 Å². The fourth-order valence-corrected chi connectivity index (χ4v) is 2.19. The van der Waals surface area contributed by atoms with Gasteiger partial charge in [-0.2, -0.15) is 0 Å². The second-order valence-corrected chi connectivity index (χ2v) is 5.03. The van der Waals surface area contributed by atoms with Crippen LogP contribution in [0.5, 0.6) is 11.5 Å². The van der Waals surface area contributed by atoms with Gasteiger partial charge in [0, 0.05) is 18.1 Å². The standard InChI is InChI=1S/C15H16N2O8/c1-22-11-5-8(10(17-21)6-12(11)23-2)7-24-13(18)4-3-9-14(19)25-15(20)16-9/h5-6,9H,3-4,7H2,1-2H3,(H,16,20)/t9-/m0/s1. The largest absolute Gasteiger partial charge is 0.493 e. The summed E-state index contributed by atoms with van der Waals surface area (Å²) in [6.45, 7) is -0.207. The van der Waals surface area contributed by atoms with Gasteiger partial charge in [0.15, 0.2) is 11.5 Å². The van der Waals surface area contributed by atoms with Gasteiger partial charge in [-0.3, -0.25) is 4.79 Å². The van der Waals surface area contributed by atoms with E-state index in [1.165, 1.54) is 26.4 Å². The van der Waals surface area contributed by atoms with Gasteiger partial charge < -0.3 is 24.3 Å². The molecule has 10 nitrogen and oxygen atoms in total. The lowest BCUT2D eigenvalue weighted by atomic mass is 10.1. The zero-order valence-electron chi connectivity index (χ0n) is 13.6. The number of nitroso groups, excluding NO2 is 1. The predicted octanol–water partition coefficient (Wildman–Crippen LogP) is 1.56. The van der Waals surface area contributed by atoms with Gasteiger partial charge in [0.05, 0.1) is 14.2 Å². The van der Waals surface area contributed by atoms with Crippen molar-refractivity contribution in [2.75, 3.05) is 14.2 Å². The molecule has 25 heavy (non-hydrogen) atoms. The number of cyclic esters (lactones) is 2. The summed E-state index contributed by atoms with van der Waals surface area (Å²) in [5.41, 5.74) is 0.395. The lowest BCUT2D eigenvalue weighted by Crippen LogP contribution is -2.29. The summed E-state index contributed by atoms with van der Waals surface area (Å²) in [5.74, 6) is -0.661. The Morgan fingerprint density at radius 3 is 2.48 bits per heavy atom. The van der Waals surface area contributed by atoms with Crippen molar-refractivity contribution in [1.82, 2.24) is 5.32 Å². The maximum atomic E-state index is 11.8. The Morgan fingerprint density at radius 2 is 1.92 bits per heavy atom. The molecule has 1 atom stereocenters. The third-order valence-corrected chi connectivity index (χ3v) is 3.48. The molecule has 1 aromatic carbocycles. The molecule has 134 valence electrons. The highest BCUT2D eigenvalue weighted by Gasteiger charge is 2.32. The minimum Gasteiger partial charge on any atom is -0.493 e. The Balaban J connectivity index is 1.93. The molecule has 0 aromatic heterocycles. The molecule has 1 fully saturated rings. The van der Waals surface area contributed by atoms with E-state index in [1.807, 2.05) is 0 Å². The molecule has 1 aliphatic rings. The molecule has 1 N–H and O–H groups in total. The average Bonchev–Trinajstić information content (AvgIpc) is 2.94. The summed E-state index contributed by atoms with van der Waals surface area (Å²) >= 11 is 0. The van der Waals surface area contributed by atoms with E-state index in [0.717, 1.165) is 0 Å². The number of nitrogens with zero attached hydrogens (tertiary/aromatic N) is 1. The maximum Gasteiger partial charge on any atom is 0.415 e. The second kappa shape index (κ2) is 8.08. The molecular weight excluding hydrogens is 336 g/mol. The maximum absolute atomic E-state index is 11.8. The lowest BCUT2D eigenvalue weighted by molar-refractivity contribution is -0.145.